The maximum atomic E-state index is 4.46. The van der Waals surface area contributed by atoms with Gasteiger partial charge in [-0.05, 0) is 31.4 Å². The molecule has 1 aromatic carbocycles. The highest BCUT2D eigenvalue weighted by molar-refractivity contribution is 5.65. The lowest BCUT2D eigenvalue weighted by atomic mass is 9.99. The average Bonchev–Trinajstić information content (AvgIpc) is 3.18. The van der Waals surface area contributed by atoms with Crippen LogP contribution in [0.5, 0.6) is 0 Å². The predicted octanol–water partition coefficient (Wildman–Crippen LogP) is 3.09. The Morgan fingerprint density at radius 2 is 2.05 bits per heavy atom. The van der Waals surface area contributed by atoms with Crippen LogP contribution in [0.4, 0.5) is 5.69 Å². The molecule has 19 heavy (non-hydrogen) atoms. The molecule has 3 heteroatoms. The standard InChI is InChI=1S/C16H17N3/c1-12(14-10-17-8-9-18-14)19-11-16(6-7-16)13-4-2-3-5-15(13)19/h2-5,8-10,12H,6-7,11H2,1H3/t12-/m1/s1. The molecule has 2 aromatic rings. The molecule has 0 bridgehead atoms. The summed E-state index contributed by atoms with van der Waals surface area (Å²) >= 11 is 0. The average molecular weight is 251 g/mol. The fraction of sp³-hybridized carbons (Fsp3) is 0.375. The van der Waals surface area contributed by atoms with Crippen LogP contribution in [0.25, 0.3) is 0 Å². The van der Waals surface area contributed by atoms with E-state index in [0.717, 1.165) is 12.2 Å². The summed E-state index contributed by atoms with van der Waals surface area (Å²) in [4.78, 5) is 11.1. The van der Waals surface area contributed by atoms with Crippen LogP contribution in [0, 0.1) is 0 Å². The Hall–Kier alpha value is -1.90. The van der Waals surface area contributed by atoms with Gasteiger partial charge in [-0.2, -0.15) is 0 Å². The van der Waals surface area contributed by atoms with Gasteiger partial charge in [-0.3, -0.25) is 9.97 Å². The van der Waals surface area contributed by atoms with Gasteiger partial charge in [0.05, 0.1) is 17.9 Å². The first-order valence-electron chi connectivity index (χ1n) is 6.92. The van der Waals surface area contributed by atoms with Gasteiger partial charge in [0.25, 0.3) is 0 Å². The zero-order chi connectivity index (χ0) is 12.9. The topological polar surface area (TPSA) is 29.0 Å². The van der Waals surface area contributed by atoms with Crippen molar-refractivity contribution >= 4 is 5.69 Å². The molecule has 3 nitrogen and oxygen atoms in total. The maximum Gasteiger partial charge on any atom is 0.0808 e. The van der Waals surface area contributed by atoms with E-state index in [1.54, 1.807) is 12.4 Å². The number of hydrogen-bond acceptors (Lipinski definition) is 3. The fourth-order valence-corrected chi connectivity index (χ4v) is 3.28. The number of fused-ring (bicyclic) bond motifs is 2. The van der Waals surface area contributed by atoms with Crippen LogP contribution in [-0.2, 0) is 5.41 Å². The summed E-state index contributed by atoms with van der Waals surface area (Å²) in [5.74, 6) is 0. The molecule has 1 aromatic heterocycles. The number of para-hydroxylation sites is 1. The third kappa shape index (κ3) is 1.57. The van der Waals surface area contributed by atoms with Gasteiger partial charge in [-0.25, -0.2) is 0 Å². The monoisotopic (exact) mass is 251 g/mol. The quantitative estimate of drug-likeness (QED) is 0.821. The molecule has 0 unspecified atom stereocenters. The molecular formula is C16H17N3. The van der Waals surface area contributed by atoms with Gasteiger partial charge in [-0.15, -0.1) is 0 Å². The third-order valence-corrected chi connectivity index (χ3v) is 4.59. The summed E-state index contributed by atoms with van der Waals surface area (Å²) in [6.07, 6.45) is 8.05. The number of nitrogens with zero attached hydrogens (tertiary/aromatic N) is 3. The SMILES string of the molecule is C[C@H](c1cnccn1)N1CC2(CC2)c2ccccc21. The first kappa shape index (κ1) is 11.0. The molecule has 2 aliphatic rings. The van der Waals surface area contributed by atoms with Crippen LogP contribution in [0.3, 0.4) is 0 Å². The molecular weight excluding hydrogens is 234 g/mol. The molecule has 1 saturated carbocycles. The van der Waals surface area contributed by atoms with E-state index in [-0.39, 0.29) is 6.04 Å². The van der Waals surface area contributed by atoms with E-state index in [4.69, 9.17) is 0 Å². The molecule has 0 radical (unpaired) electrons. The molecule has 4 rings (SSSR count). The summed E-state index contributed by atoms with van der Waals surface area (Å²) in [5, 5.41) is 0. The van der Waals surface area contributed by atoms with Gasteiger partial charge in [0.15, 0.2) is 0 Å². The molecule has 0 N–H and O–H groups in total. The zero-order valence-corrected chi connectivity index (χ0v) is 11.1. The lowest BCUT2D eigenvalue weighted by molar-refractivity contribution is 0.618. The summed E-state index contributed by atoms with van der Waals surface area (Å²) < 4.78 is 0. The van der Waals surface area contributed by atoms with Crippen molar-refractivity contribution in [3.63, 3.8) is 0 Å². The predicted molar refractivity (Wildman–Crippen MR) is 75.1 cm³/mol. The number of aromatic nitrogens is 2. The van der Waals surface area contributed by atoms with Crippen molar-refractivity contribution in [3.05, 3.63) is 54.1 Å². The van der Waals surface area contributed by atoms with E-state index in [1.807, 2.05) is 6.20 Å². The van der Waals surface area contributed by atoms with E-state index in [1.165, 1.54) is 24.1 Å². The van der Waals surface area contributed by atoms with Gasteiger partial charge in [0.2, 0.25) is 0 Å². The van der Waals surface area contributed by atoms with E-state index in [0.29, 0.717) is 5.41 Å². The lowest BCUT2D eigenvalue weighted by Gasteiger charge is -2.27. The second-order valence-electron chi connectivity index (χ2n) is 5.73. The zero-order valence-electron chi connectivity index (χ0n) is 11.1. The first-order chi connectivity index (χ1) is 9.30. The van der Waals surface area contributed by atoms with Crippen molar-refractivity contribution in [2.24, 2.45) is 0 Å². The number of rotatable bonds is 2. The van der Waals surface area contributed by atoms with Crippen molar-refractivity contribution in [2.45, 2.75) is 31.2 Å². The van der Waals surface area contributed by atoms with Gasteiger partial charge >= 0.3 is 0 Å². The largest absolute Gasteiger partial charge is 0.362 e. The molecule has 0 amide bonds. The summed E-state index contributed by atoms with van der Waals surface area (Å²) in [6, 6.07) is 9.13. The van der Waals surface area contributed by atoms with Crippen molar-refractivity contribution < 1.29 is 0 Å². The van der Waals surface area contributed by atoms with Gasteiger partial charge in [0, 0.05) is 30.0 Å². The molecule has 0 saturated heterocycles. The Morgan fingerprint density at radius 3 is 2.79 bits per heavy atom. The van der Waals surface area contributed by atoms with Gasteiger partial charge in [-0.1, -0.05) is 18.2 Å². The first-order valence-corrected chi connectivity index (χ1v) is 6.92. The second kappa shape index (κ2) is 3.80. The maximum absolute atomic E-state index is 4.46. The fourth-order valence-electron chi connectivity index (χ4n) is 3.28. The van der Waals surface area contributed by atoms with Gasteiger partial charge < -0.3 is 4.90 Å². The summed E-state index contributed by atoms with van der Waals surface area (Å²) in [6.45, 7) is 3.35. The molecule has 2 heterocycles. The number of hydrogen-bond donors (Lipinski definition) is 0. The molecule has 1 fully saturated rings. The van der Waals surface area contributed by atoms with Crippen LogP contribution in [0.2, 0.25) is 0 Å². The minimum Gasteiger partial charge on any atom is -0.362 e. The molecule has 1 spiro atoms. The normalized spacial score (nSPS) is 20.4. The van der Waals surface area contributed by atoms with Crippen molar-refractivity contribution in [1.29, 1.82) is 0 Å². The Labute approximate surface area is 113 Å². The van der Waals surface area contributed by atoms with E-state index in [2.05, 4.69) is 46.1 Å². The van der Waals surface area contributed by atoms with Crippen LogP contribution in [0.1, 0.15) is 37.1 Å². The van der Waals surface area contributed by atoms with Crippen LogP contribution in [-0.4, -0.2) is 16.5 Å². The highest BCUT2D eigenvalue weighted by Gasteiger charge is 2.52. The minimum atomic E-state index is 0.287. The Bertz CT molecular complexity index is 604. The van der Waals surface area contributed by atoms with E-state index >= 15 is 0 Å². The molecule has 1 atom stereocenters. The van der Waals surface area contributed by atoms with Crippen LogP contribution in [0.15, 0.2) is 42.9 Å². The van der Waals surface area contributed by atoms with Crippen molar-refractivity contribution in [2.75, 3.05) is 11.4 Å². The van der Waals surface area contributed by atoms with Crippen LogP contribution < -0.4 is 4.90 Å². The Morgan fingerprint density at radius 1 is 1.21 bits per heavy atom. The van der Waals surface area contributed by atoms with Crippen molar-refractivity contribution in [3.8, 4) is 0 Å². The minimum absolute atomic E-state index is 0.287. The Kier molecular flexibility index (Phi) is 2.19. The van der Waals surface area contributed by atoms with Crippen LogP contribution >= 0.6 is 0 Å². The lowest BCUT2D eigenvalue weighted by Crippen LogP contribution is -2.28. The summed E-state index contributed by atoms with van der Waals surface area (Å²) in [5.41, 5.74) is 4.41. The smallest absolute Gasteiger partial charge is 0.0808 e. The third-order valence-electron chi connectivity index (χ3n) is 4.59. The highest BCUT2D eigenvalue weighted by atomic mass is 15.2. The summed E-state index contributed by atoms with van der Waals surface area (Å²) in [7, 11) is 0. The molecule has 1 aliphatic carbocycles. The highest BCUT2D eigenvalue weighted by Crippen LogP contribution is 2.57. The number of anilines is 1. The van der Waals surface area contributed by atoms with Gasteiger partial charge in [0.1, 0.15) is 0 Å². The Balaban J connectivity index is 1.74. The molecule has 1 aliphatic heterocycles. The van der Waals surface area contributed by atoms with Crippen molar-refractivity contribution in [1.82, 2.24) is 9.97 Å². The van der Waals surface area contributed by atoms with E-state index < -0.39 is 0 Å². The number of benzene rings is 1. The second-order valence-corrected chi connectivity index (χ2v) is 5.73. The van der Waals surface area contributed by atoms with E-state index in [9.17, 15) is 0 Å². The molecule has 96 valence electrons.